The first kappa shape index (κ1) is 41.1. The van der Waals surface area contributed by atoms with Gasteiger partial charge in [-0.25, -0.2) is 0 Å². The Morgan fingerprint density at radius 3 is 1.98 bits per heavy atom. The van der Waals surface area contributed by atoms with E-state index in [9.17, 15) is 14.4 Å². The van der Waals surface area contributed by atoms with E-state index >= 15 is 0 Å². The summed E-state index contributed by atoms with van der Waals surface area (Å²) in [5.74, 6) is -1.69. The van der Waals surface area contributed by atoms with Gasteiger partial charge in [-0.1, -0.05) is 97.1 Å². The largest absolute Gasteiger partial charge is 0.455 e. The summed E-state index contributed by atoms with van der Waals surface area (Å²) in [6.45, 7) is 8.17. The number of hydrogen-bond acceptors (Lipinski definition) is 13. The van der Waals surface area contributed by atoms with Crippen LogP contribution in [-0.4, -0.2) is 99.0 Å². The molecule has 14 heteroatoms. The van der Waals surface area contributed by atoms with Crippen molar-refractivity contribution in [2.45, 2.75) is 102 Å². The van der Waals surface area contributed by atoms with E-state index in [-0.39, 0.29) is 38.9 Å². The second kappa shape index (κ2) is 20.1. The van der Waals surface area contributed by atoms with Gasteiger partial charge < -0.3 is 52.7 Å². The molecule has 14 nitrogen and oxygen atoms in total. The Labute approximate surface area is 326 Å². The summed E-state index contributed by atoms with van der Waals surface area (Å²) in [5.41, 5.74) is 2.55. The SMILES string of the molecule is C=CCO[C@@H]1[C@@H](NC(C)=O)[C@@H](OCc2ccccc2)O[C@H](COCc2ccccc2)[C@H]1O[C@@H]1O[C@@H]2COC(c3ccccc3)O[C@@H]2[C@H](OC(C)=O)[C@H]1OC(C)=O. The smallest absolute Gasteiger partial charge is 0.303 e. The zero-order chi connectivity index (χ0) is 39.4. The molecule has 0 bridgehead atoms. The maximum absolute atomic E-state index is 12.7. The van der Waals surface area contributed by atoms with Gasteiger partial charge in [-0.15, -0.1) is 6.58 Å². The van der Waals surface area contributed by atoms with Crippen LogP contribution in [-0.2, 0) is 75.0 Å². The van der Waals surface area contributed by atoms with Crippen LogP contribution in [0.5, 0.6) is 0 Å². The Morgan fingerprint density at radius 1 is 0.732 bits per heavy atom. The standard InChI is InChI=1S/C42H49NO13/c1-5-21-48-37-34(43-26(2)44)41(49-23-30-17-11-7-12-18-30)53-32(24-47-22-29-15-9-6-10-16-29)35(37)56-42-39(52-28(4)46)38(51-27(3)45)36-33(54-42)25-50-40(55-36)31-19-13-8-14-20-31/h5-20,32-42H,1,21-25H2,2-4H3,(H,43,44)/t32-,33-,34-,35-,36+,37-,38+,39-,40?,41+,42+/m1/s1. The molecule has 56 heavy (non-hydrogen) atoms. The van der Waals surface area contributed by atoms with Gasteiger partial charge in [0, 0.05) is 26.3 Å². The third kappa shape index (κ3) is 10.9. The van der Waals surface area contributed by atoms with Crippen molar-refractivity contribution in [2.24, 2.45) is 0 Å². The molecule has 0 aromatic heterocycles. The van der Waals surface area contributed by atoms with Crippen molar-refractivity contribution in [3.05, 3.63) is 120 Å². The molecule has 1 N–H and O–H groups in total. The van der Waals surface area contributed by atoms with Crippen LogP contribution in [0.25, 0.3) is 0 Å². The molecule has 3 saturated heterocycles. The molecule has 1 unspecified atom stereocenters. The number of hydrogen-bond donors (Lipinski definition) is 1. The fourth-order valence-electron chi connectivity index (χ4n) is 6.96. The first-order valence-corrected chi connectivity index (χ1v) is 18.6. The molecule has 3 aromatic carbocycles. The third-order valence-electron chi connectivity index (χ3n) is 9.32. The van der Waals surface area contributed by atoms with Gasteiger partial charge in [0.1, 0.15) is 36.6 Å². The molecule has 3 aliphatic heterocycles. The average molecular weight is 776 g/mol. The fourth-order valence-corrected chi connectivity index (χ4v) is 6.96. The molecule has 300 valence electrons. The second-order valence-electron chi connectivity index (χ2n) is 13.6. The van der Waals surface area contributed by atoms with E-state index in [2.05, 4.69) is 11.9 Å². The van der Waals surface area contributed by atoms with Crippen molar-refractivity contribution < 1.29 is 61.8 Å². The predicted molar refractivity (Wildman–Crippen MR) is 198 cm³/mol. The molecule has 3 fully saturated rings. The van der Waals surface area contributed by atoms with Crippen LogP contribution in [0.2, 0.25) is 0 Å². The quantitative estimate of drug-likeness (QED) is 0.163. The van der Waals surface area contributed by atoms with Gasteiger partial charge in [-0.2, -0.15) is 0 Å². The Hall–Kier alpha value is -4.51. The number of nitrogens with one attached hydrogen (secondary N) is 1. The van der Waals surface area contributed by atoms with Gasteiger partial charge in [0.2, 0.25) is 5.91 Å². The van der Waals surface area contributed by atoms with Crippen molar-refractivity contribution >= 4 is 17.8 Å². The van der Waals surface area contributed by atoms with E-state index in [1.54, 1.807) is 6.08 Å². The number of fused-ring (bicyclic) bond motifs is 1. The van der Waals surface area contributed by atoms with E-state index in [0.717, 1.165) is 16.7 Å². The number of carbonyl (C=O) groups is 3. The maximum Gasteiger partial charge on any atom is 0.303 e. The minimum atomic E-state index is -1.37. The van der Waals surface area contributed by atoms with Gasteiger partial charge in [0.15, 0.2) is 31.1 Å². The molecule has 3 heterocycles. The highest BCUT2D eigenvalue weighted by atomic mass is 16.8. The van der Waals surface area contributed by atoms with Crippen molar-refractivity contribution in [3.63, 3.8) is 0 Å². The zero-order valence-corrected chi connectivity index (χ0v) is 31.6. The minimum Gasteiger partial charge on any atom is -0.455 e. The van der Waals surface area contributed by atoms with Gasteiger partial charge in [0.05, 0.1) is 33.0 Å². The summed E-state index contributed by atoms with van der Waals surface area (Å²) in [6, 6.07) is 27.5. The van der Waals surface area contributed by atoms with Crippen molar-refractivity contribution in [2.75, 3.05) is 19.8 Å². The van der Waals surface area contributed by atoms with Gasteiger partial charge in [0.25, 0.3) is 0 Å². The molecular formula is C42H49NO13. The topological polar surface area (TPSA) is 156 Å². The molecule has 11 atom stereocenters. The highest BCUT2D eigenvalue weighted by Gasteiger charge is 2.57. The van der Waals surface area contributed by atoms with Crippen LogP contribution < -0.4 is 5.32 Å². The highest BCUT2D eigenvalue weighted by molar-refractivity contribution is 5.73. The normalized spacial score (nSPS) is 30.0. The van der Waals surface area contributed by atoms with Crippen LogP contribution in [0.1, 0.15) is 43.8 Å². The monoisotopic (exact) mass is 775 g/mol. The Bertz CT molecular complexity index is 1710. The lowest BCUT2D eigenvalue weighted by Crippen LogP contribution is -2.69. The highest BCUT2D eigenvalue weighted by Crippen LogP contribution is 2.39. The molecule has 1 amide bonds. The van der Waals surface area contributed by atoms with Crippen LogP contribution in [0.3, 0.4) is 0 Å². The third-order valence-corrected chi connectivity index (χ3v) is 9.32. The van der Waals surface area contributed by atoms with E-state index < -0.39 is 79.6 Å². The summed E-state index contributed by atoms with van der Waals surface area (Å²) in [4.78, 5) is 38.1. The molecule has 0 aliphatic carbocycles. The van der Waals surface area contributed by atoms with Crippen molar-refractivity contribution in [1.29, 1.82) is 0 Å². The molecule has 3 aliphatic rings. The lowest BCUT2D eigenvalue weighted by molar-refractivity contribution is -0.383. The van der Waals surface area contributed by atoms with Gasteiger partial charge in [-0.05, 0) is 11.1 Å². The van der Waals surface area contributed by atoms with Crippen LogP contribution >= 0.6 is 0 Å². The molecule has 0 radical (unpaired) electrons. The molecule has 0 saturated carbocycles. The molecule has 3 aromatic rings. The number of carbonyl (C=O) groups excluding carboxylic acids is 3. The zero-order valence-electron chi connectivity index (χ0n) is 31.6. The number of ether oxygens (including phenoxy) is 10. The number of esters is 2. The fraction of sp³-hybridized carbons (Fsp3) is 0.452. The second-order valence-corrected chi connectivity index (χ2v) is 13.6. The van der Waals surface area contributed by atoms with E-state index in [1.165, 1.54) is 20.8 Å². The molecule has 6 rings (SSSR count). The Kier molecular flexibility index (Phi) is 14.7. The van der Waals surface area contributed by atoms with Crippen LogP contribution in [0.15, 0.2) is 104 Å². The van der Waals surface area contributed by atoms with E-state index in [1.807, 2.05) is 91.0 Å². The lowest BCUT2D eigenvalue weighted by atomic mass is 9.94. The van der Waals surface area contributed by atoms with Gasteiger partial charge >= 0.3 is 11.9 Å². The van der Waals surface area contributed by atoms with Crippen LogP contribution in [0, 0.1) is 0 Å². The van der Waals surface area contributed by atoms with Crippen LogP contribution in [0.4, 0.5) is 0 Å². The minimum absolute atomic E-state index is 0.0130. The van der Waals surface area contributed by atoms with Crippen molar-refractivity contribution in [3.8, 4) is 0 Å². The number of rotatable bonds is 16. The average Bonchev–Trinajstić information content (AvgIpc) is 3.19. The lowest BCUT2D eigenvalue weighted by Gasteiger charge is -2.51. The predicted octanol–water partition coefficient (Wildman–Crippen LogP) is 4.31. The summed E-state index contributed by atoms with van der Waals surface area (Å²) in [7, 11) is 0. The molecular weight excluding hydrogens is 726 g/mol. The van der Waals surface area contributed by atoms with Gasteiger partial charge in [-0.3, -0.25) is 14.4 Å². The Morgan fingerprint density at radius 2 is 1.36 bits per heavy atom. The summed E-state index contributed by atoms with van der Waals surface area (Å²) in [6.07, 6.45) is -8.77. The van der Waals surface area contributed by atoms with E-state index in [4.69, 9.17) is 47.4 Å². The van der Waals surface area contributed by atoms with E-state index in [0.29, 0.717) is 0 Å². The summed E-state index contributed by atoms with van der Waals surface area (Å²) < 4.78 is 62.9. The first-order valence-electron chi connectivity index (χ1n) is 18.6. The maximum atomic E-state index is 12.7. The number of amides is 1. The summed E-state index contributed by atoms with van der Waals surface area (Å²) in [5, 5.41) is 2.94. The molecule has 0 spiro atoms. The number of benzene rings is 3. The first-order chi connectivity index (χ1) is 27.2. The summed E-state index contributed by atoms with van der Waals surface area (Å²) >= 11 is 0. The van der Waals surface area contributed by atoms with Crippen molar-refractivity contribution in [1.82, 2.24) is 5.32 Å². The Balaban J connectivity index is 1.33.